The quantitative estimate of drug-likeness (QED) is 0.681. The zero-order valence-corrected chi connectivity index (χ0v) is 14.1. The van der Waals surface area contributed by atoms with Gasteiger partial charge in [-0.25, -0.2) is 0 Å². The van der Waals surface area contributed by atoms with Gasteiger partial charge in [0, 0.05) is 28.2 Å². The van der Waals surface area contributed by atoms with Crippen molar-refractivity contribution in [3.63, 3.8) is 0 Å². The molecule has 0 fully saturated rings. The normalized spacial score (nSPS) is 20.9. The summed E-state index contributed by atoms with van der Waals surface area (Å²) in [7, 11) is 0. The second-order valence-corrected chi connectivity index (χ2v) is 6.86. The van der Waals surface area contributed by atoms with Crippen LogP contribution in [0.1, 0.15) is 38.8 Å². The summed E-state index contributed by atoms with van der Waals surface area (Å²) in [6.45, 7) is 6.18. The highest BCUT2D eigenvalue weighted by atomic mass is 16.2. The van der Waals surface area contributed by atoms with Gasteiger partial charge in [-0.15, -0.1) is 0 Å². The molecule has 0 N–H and O–H groups in total. The fraction of sp³-hybridized carbons (Fsp3) is 0.0870. The predicted octanol–water partition coefficient (Wildman–Crippen LogP) is 4.06. The van der Waals surface area contributed by atoms with Crippen LogP contribution in [0.2, 0.25) is 0 Å². The molecule has 0 aromatic heterocycles. The molecule has 0 radical (unpaired) electrons. The molecule has 1 unspecified atom stereocenters. The lowest BCUT2D eigenvalue weighted by Crippen LogP contribution is -2.26. The number of fused-ring (bicyclic) bond motifs is 4. The first-order valence-electron chi connectivity index (χ1n) is 8.53. The van der Waals surface area contributed by atoms with Gasteiger partial charge in [-0.3, -0.25) is 14.4 Å². The molecule has 26 heavy (non-hydrogen) atoms. The van der Waals surface area contributed by atoms with Gasteiger partial charge in [0.25, 0.3) is 0 Å². The van der Waals surface area contributed by atoms with E-state index in [4.69, 9.17) is 0 Å². The fourth-order valence-corrected chi connectivity index (χ4v) is 4.47. The van der Waals surface area contributed by atoms with Crippen molar-refractivity contribution in [2.75, 3.05) is 0 Å². The van der Waals surface area contributed by atoms with E-state index in [2.05, 4.69) is 6.58 Å². The van der Waals surface area contributed by atoms with Crippen LogP contribution in [0.15, 0.2) is 71.8 Å². The monoisotopic (exact) mass is 338 g/mol. The van der Waals surface area contributed by atoms with Crippen LogP contribution >= 0.6 is 0 Å². The number of ketones is 3. The molecular formula is C23H14O3. The Morgan fingerprint density at radius 1 is 0.654 bits per heavy atom. The second kappa shape index (κ2) is 4.85. The maximum atomic E-state index is 13.2. The largest absolute Gasteiger partial charge is 0.289 e. The summed E-state index contributed by atoms with van der Waals surface area (Å²) < 4.78 is 0. The highest BCUT2D eigenvalue weighted by molar-refractivity contribution is 6.55. The molecule has 3 nitrogen and oxygen atoms in total. The van der Waals surface area contributed by atoms with E-state index < -0.39 is 11.6 Å². The molecule has 2 aromatic carbocycles. The Morgan fingerprint density at radius 2 is 1.15 bits per heavy atom. The van der Waals surface area contributed by atoms with Gasteiger partial charge in [-0.1, -0.05) is 62.0 Å². The van der Waals surface area contributed by atoms with Crippen molar-refractivity contribution in [1.82, 2.24) is 0 Å². The number of carbonyl (C=O) groups is 3. The minimum atomic E-state index is -0.587. The van der Waals surface area contributed by atoms with Crippen molar-refractivity contribution in [2.45, 2.75) is 6.92 Å². The van der Waals surface area contributed by atoms with Gasteiger partial charge in [0.2, 0.25) is 11.6 Å². The summed E-state index contributed by atoms with van der Waals surface area (Å²) in [4.78, 5) is 38.8. The molecule has 0 saturated carbocycles. The van der Waals surface area contributed by atoms with Gasteiger partial charge in [0.05, 0.1) is 0 Å². The van der Waals surface area contributed by atoms with Crippen LogP contribution in [0.3, 0.4) is 0 Å². The summed E-state index contributed by atoms with van der Waals surface area (Å²) in [5.41, 5.74) is 5.45. The first-order valence-corrected chi connectivity index (χ1v) is 8.53. The van der Waals surface area contributed by atoms with Gasteiger partial charge < -0.3 is 0 Å². The SMILES string of the molecule is C=C1C2=C(C(=O)c3ccccc31)C1=C(c3ccccc3C(=O)C1=O)C2C. The average molecular weight is 338 g/mol. The molecule has 2 aromatic rings. The van der Waals surface area contributed by atoms with E-state index in [1.54, 1.807) is 24.3 Å². The molecule has 0 heterocycles. The molecule has 0 bridgehead atoms. The number of hydrogen-bond acceptors (Lipinski definition) is 3. The Kier molecular flexibility index (Phi) is 2.79. The van der Waals surface area contributed by atoms with Crippen LogP contribution < -0.4 is 0 Å². The van der Waals surface area contributed by atoms with Crippen LogP contribution in [0, 0.1) is 5.92 Å². The number of rotatable bonds is 0. The molecule has 0 saturated heterocycles. The van der Waals surface area contributed by atoms with Gasteiger partial charge >= 0.3 is 0 Å². The summed E-state index contributed by atoms with van der Waals surface area (Å²) in [6, 6.07) is 14.4. The zero-order valence-electron chi connectivity index (χ0n) is 14.1. The number of carbonyl (C=O) groups excluding carboxylic acids is 3. The highest BCUT2D eigenvalue weighted by Crippen LogP contribution is 2.53. The zero-order chi connectivity index (χ0) is 18.2. The standard InChI is InChI=1S/C23H14O3/c1-11-13-7-3-5-9-15(13)21(24)19-17(11)12(2)18-14-8-4-6-10-16(14)22(25)23(26)20(18)19/h3-10,12H,1H2,2H3. The predicted molar refractivity (Wildman–Crippen MR) is 98.7 cm³/mol. The third-order valence-electron chi connectivity index (χ3n) is 5.60. The summed E-state index contributed by atoms with van der Waals surface area (Å²) >= 11 is 0. The molecule has 0 amide bonds. The lowest BCUT2D eigenvalue weighted by molar-refractivity contribution is -0.111. The number of Topliss-reactive ketones (excluding diaryl/α,β-unsaturated/α-hetero) is 3. The van der Waals surface area contributed by atoms with Crippen molar-refractivity contribution < 1.29 is 14.4 Å². The highest BCUT2D eigenvalue weighted by Gasteiger charge is 2.47. The Hall–Kier alpha value is -3.33. The van der Waals surface area contributed by atoms with Crippen molar-refractivity contribution >= 4 is 28.5 Å². The lowest BCUT2D eigenvalue weighted by atomic mass is 9.79. The topological polar surface area (TPSA) is 51.2 Å². The number of allylic oxidation sites excluding steroid dienone is 5. The summed E-state index contributed by atoms with van der Waals surface area (Å²) in [6.07, 6.45) is 0. The van der Waals surface area contributed by atoms with Crippen molar-refractivity contribution in [2.24, 2.45) is 5.92 Å². The van der Waals surface area contributed by atoms with Gasteiger partial charge in [0.1, 0.15) is 0 Å². The number of benzene rings is 2. The second-order valence-electron chi connectivity index (χ2n) is 6.86. The van der Waals surface area contributed by atoms with Gasteiger partial charge in [-0.05, 0) is 27.8 Å². The molecule has 1 atom stereocenters. The maximum absolute atomic E-state index is 13.2. The van der Waals surface area contributed by atoms with E-state index >= 15 is 0 Å². The third kappa shape index (κ3) is 1.60. The van der Waals surface area contributed by atoms with Crippen molar-refractivity contribution in [3.05, 3.63) is 94.1 Å². The van der Waals surface area contributed by atoms with Crippen LogP contribution in [0.5, 0.6) is 0 Å². The van der Waals surface area contributed by atoms with E-state index in [0.29, 0.717) is 16.7 Å². The van der Waals surface area contributed by atoms with E-state index in [0.717, 1.165) is 27.8 Å². The maximum Gasteiger partial charge on any atom is 0.234 e. The van der Waals surface area contributed by atoms with Gasteiger partial charge in [-0.2, -0.15) is 0 Å². The van der Waals surface area contributed by atoms with E-state index in [1.807, 2.05) is 31.2 Å². The third-order valence-corrected chi connectivity index (χ3v) is 5.60. The Balaban J connectivity index is 1.83. The molecule has 5 rings (SSSR count). The fourth-order valence-electron chi connectivity index (χ4n) is 4.47. The molecule has 124 valence electrons. The van der Waals surface area contributed by atoms with Crippen LogP contribution in [0.25, 0.3) is 11.1 Å². The minimum absolute atomic E-state index is 0.164. The van der Waals surface area contributed by atoms with E-state index in [1.165, 1.54) is 0 Å². The molecule has 0 aliphatic heterocycles. The van der Waals surface area contributed by atoms with E-state index in [-0.39, 0.29) is 17.3 Å². The van der Waals surface area contributed by atoms with Crippen LogP contribution in [0.4, 0.5) is 0 Å². The first kappa shape index (κ1) is 15.0. The first-order chi connectivity index (χ1) is 12.5. The van der Waals surface area contributed by atoms with Crippen LogP contribution in [-0.2, 0) is 4.79 Å². The molecular weight excluding hydrogens is 324 g/mol. The average Bonchev–Trinajstić information content (AvgIpc) is 2.98. The Bertz CT molecular complexity index is 1160. The van der Waals surface area contributed by atoms with Crippen LogP contribution in [-0.4, -0.2) is 17.3 Å². The van der Waals surface area contributed by atoms with Crippen molar-refractivity contribution in [3.8, 4) is 0 Å². The molecule has 0 spiro atoms. The molecule has 3 heteroatoms. The van der Waals surface area contributed by atoms with Crippen molar-refractivity contribution in [1.29, 1.82) is 0 Å². The smallest absolute Gasteiger partial charge is 0.234 e. The lowest BCUT2D eigenvalue weighted by Gasteiger charge is -2.23. The summed E-state index contributed by atoms with van der Waals surface area (Å²) in [5, 5.41) is 0. The summed E-state index contributed by atoms with van der Waals surface area (Å²) in [5.74, 6) is -1.49. The van der Waals surface area contributed by atoms with Gasteiger partial charge in [0.15, 0.2) is 5.78 Å². The minimum Gasteiger partial charge on any atom is -0.289 e. The molecule has 3 aliphatic carbocycles. The Labute approximate surface area is 150 Å². The molecule has 3 aliphatic rings. The van der Waals surface area contributed by atoms with E-state index in [9.17, 15) is 14.4 Å². The number of hydrogen-bond donors (Lipinski definition) is 0. The Morgan fingerprint density at radius 3 is 1.81 bits per heavy atom.